The summed E-state index contributed by atoms with van der Waals surface area (Å²) in [5, 5.41) is 16.9. The zero-order chi connectivity index (χ0) is 19.2. The monoisotopic (exact) mass is 373 g/mol. The van der Waals surface area contributed by atoms with Gasteiger partial charge in [0.15, 0.2) is 0 Å². The largest absolute Gasteiger partial charge is 0.396 e. The van der Waals surface area contributed by atoms with Gasteiger partial charge in [-0.15, -0.1) is 0 Å². The van der Waals surface area contributed by atoms with Gasteiger partial charge in [0, 0.05) is 29.5 Å². The Hall–Kier alpha value is -2.92. The van der Waals surface area contributed by atoms with Gasteiger partial charge in [-0.25, -0.2) is 4.98 Å². The smallest absolute Gasteiger partial charge is 0.252 e. The molecule has 2 aromatic carbocycles. The van der Waals surface area contributed by atoms with Crippen LogP contribution < -0.4 is 10.6 Å². The van der Waals surface area contributed by atoms with Crippen LogP contribution in [0.1, 0.15) is 35.2 Å². The topological polar surface area (TPSA) is 74.2 Å². The van der Waals surface area contributed by atoms with Gasteiger partial charge in [0.05, 0.1) is 11.1 Å². The number of para-hydroxylation sites is 1. The molecule has 5 heteroatoms. The summed E-state index contributed by atoms with van der Waals surface area (Å²) < 4.78 is 0. The second kappa shape index (κ2) is 6.31. The van der Waals surface area contributed by atoms with E-state index >= 15 is 0 Å². The summed E-state index contributed by atoms with van der Waals surface area (Å²) in [6.07, 6.45) is 2.64. The molecular weight excluding hydrogens is 350 g/mol. The summed E-state index contributed by atoms with van der Waals surface area (Å²) in [5.74, 6) is 0.629. The Kier molecular flexibility index (Phi) is 3.88. The third kappa shape index (κ3) is 2.83. The van der Waals surface area contributed by atoms with E-state index in [4.69, 9.17) is 0 Å². The van der Waals surface area contributed by atoms with Crippen LogP contribution in [0.5, 0.6) is 0 Å². The fraction of sp³-hybridized carbons (Fsp3) is 0.304. The predicted molar refractivity (Wildman–Crippen MR) is 109 cm³/mol. The first-order valence-electron chi connectivity index (χ1n) is 9.71. The standard InChI is InChI=1S/C23H23N3O2/c27-15-22-12-23(13-22,14-22)26-21(28)18-10-20(24-11-16-6-2-1-3-7-16)25-19-9-5-4-8-17(18)19/h1-10,27H,11-15H2,(H,24,25)(H,26,28). The number of fused-ring (bicyclic) bond motifs is 1. The molecule has 0 radical (unpaired) electrons. The molecule has 1 amide bonds. The van der Waals surface area contributed by atoms with Gasteiger partial charge >= 0.3 is 0 Å². The number of anilines is 1. The number of hydrogen-bond donors (Lipinski definition) is 3. The third-order valence-electron chi connectivity index (χ3n) is 6.13. The Morgan fingerprint density at radius 1 is 1.04 bits per heavy atom. The average Bonchev–Trinajstić information content (AvgIpc) is 2.68. The lowest BCUT2D eigenvalue weighted by atomic mass is 9.39. The second-order valence-corrected chi connectivity index (χ2v) is 8.33. The van der Waals surface area contributed by atoms with Gasteiger partial charge < -0.3 is 15.7 Å². The normalized spacial score (nSPS) is 24.9. The van der Waals surface area contributed by atoms with Crippen LogP contribution in [0, 0.1) is 5.41 Å². The highest BCUT2D eigenvalue weighted by atomic mass is 16.3. The molecule has 1 heterocycles. The van der Waals surface area contributed by atoms with Crippen molar-refractivity contribution in [3.05, 3.63) is 71.8 Å². The van der Waals surface area contributed by atoms with Crippen LogP contribution >= 0.6 is 0 Å². The van der Waals surface area contributed by atoms with E-state index in [1.807, 2.05) is 48.5 Å². The predicted octanol–water partition coefficient (Wildman–Crippen LogP) is 3.49. The maximum Gasteiger partial charge on any atom is 0.252 e. The molecule has 6 rings (SSSR count). The highest BCUT2D eigenvalue weighted by Crippen LogP contribution is 2.66. The molecule has 142 valence electrons. The maximum absolute atomic E-state index is 13.1. The number of benzene rings is 2. The number of carbonyl (C=O) groups excluding carboxylic acids is 1. The summed E-state index contributed by atoms with van der Waals surface area (Å²) in [6, 6.07) is 19.7. The van der Waals surface area contributed by atoms with Gasteiger partial charge in [0.25, 0.3) is 5.91 Å². The molecule has 0 unspecified atom stereocenters. The van der Waals surface area contributed by atoms with Crippen LogP contribution in [-0.2, 0) is 6.54 Å². The summed E-state index contributed by atoms with van der Waals surface area (Å²) in [7, 11) is 0. The molecule has 0 aliphatic heterocycles. The number of amides is 1. The molecule has 0 saturated heterocycles. The van der Waals surface area contributed by atoms with Gasteiger partial charge in [-0.1, -0.05) is 48.5 Å². The van der Waals surface area contributed by atoms with Gasteiger partial charge in [-0.05, 0) is 37.0 Å². The van der Waals surface area contributed by atoms with Crippen LogP contribution in [0.25, 0.3) is 10.9 Å². The number of aliphatic hydroxyl groups is 1. The van der Waals surface area contributed by atoms with Crippen molar-refractivity contribution < 1.29 is 9.90 Å². The summed E-state index contributed by atoms with van der Waals surface area (Å²) >= 11 is 0. The van der Waals surface area contributed by atoms with E-state index in [0.717, 1.165) is 35.7 Å². The Bertz CT molecular complexity index is 1030. The first-order valence-corrected chi connectivity index (χ1v) is 9.71. The van der Waals surface area contributed by atoms with Gasteiger partial charge in [0.1, 0.15) is 5.82 Å². The first-order chi connectivity index (χ1) is 13.6. The SMILES string of the molecule is O=C(NC12CC(CO)(C1)C2)c1cc(NCc2ccccc2)nc2ccccc12. The quantitative estimate of drug-likeness (QED) is 0.618. The van der Waals surface area contributed by atoms with E-state index in [1.54, 1.807) is 0 Å². The number of hydrogen-bond acceptors (Lipinski definition) is 4. The lowest BCUT2D eigenvalue weighted by Crippen LogP contribution is -2.75. The van der Waals surface area contributed by atoms with Crippen molar-refractivity contribution in [2.24, 2.45) is 5.41 Å². The fourth-order valence-electron chi connectivity index (χ4n) is 4.85. The molecule has 2 bridgehead atoms. The number of aliphatic hydroxyl groups excluding tert-OH is 1. The Morgan fingerprint density at radius 2 is 1.75 bits per heavy atom. The van der Waals surface area contributed by atoms with Crippen molar-refractivity contribution in [3.63, 3.8) is 0 Å². The average molecular weight is 373 g/mol. The number of aromatic nitrogens is 1. The summed E-state index contributed by atoms with van der Waals surface area (Å²) in [4.78, 5) is 17.8. The van der Waals surface area contributed by atoms with Crippen molar-refractivity contribution in [2.45, 2.75) is 31.3 Å². The van der Waals surface area contributed by atoms with Crippen LogP contribution in [0.4, 0.5) is 5.82 Å². The lowest BCUT2D eigenvalue weighted by Gasteiger charge is -2.70. The number of pyridine rings is 1. The van der Waals surface area contributed by atoms with Crippen LogP contribution in [0.3, 0.4) is 0 Å². The second-order valence-electron chi connectivity index (χ2n) is 8.33. The van der Waals surface area contributed by atoms with E-state index in [0.29, 0.717) is 17.9 Å². The highest BCUT2D eigenvalue weighted by molar-refractivity contribution is 6.07. The lowest BCUT2D eigenvalue weighted by molar-refractivity contribution is -0.172. The van der Waals surface area contributed by atoms with Gasteiger partial charge in [-0.2, -0.15) is 0 Å². The van der Waals surface area contributed by atoms with Gasteiger partial charge in [-0.3, -0.25) is 4.79 Å². The van der Waals surface area contributed by atoms with Crippen molar-refractivity contribution in [3.8, 4) is 0 Å². The number of nitrogens with zero attached hydrogens (tertiary/aromatic N) is 1. The molecule has 3 saturated carbocycles. The first kappa shape index (κ1) is 17.2. The number of nitrogens with one attached hydrogen (secondary N) is 2. The van der Waals surface area contributed by atoms with E-state index in [2.05, 4.69) is 27.8 Å². The van der Waals surface area contributed by atoms with Crippen molar-refractivity contribution in [1.82, 2.24) is 10.3 Å². The number of rotatable bonds is 6. The van der Waals surface area contributed by atoms with E-state index in [9.17, 15) is 9.90 Å². The van der Waals surface area contributed by atoms with Crippen LogP contribution in [0.2, 0.25) is 0 Å². The third-order valence-corrected chi connectivity index (χ3v) is 6.13. The molecule has 28 heavy (non-hydrogen) atoms. The van der Waals surface area contributed by atoms with Crippen molar-refractivity contribution in [1.29, 1.82) is 0 Å². The Morgan fingerprint density at radius 3 is 2.50 bits per heavy atom. The molecule has 3 aromatic rings. The maximum atomic E-state index is 13.1. The minimum atomic E-state index is -0.123. The van der Waals surface area contributed by atoms with Crippen molar-refractivity contribution in [2.75, 3.05) is 11.9 Å². The van der Waals surface area contributed by atoms with Crippen LogP contribution in [-0.4, -0.2) is 28.1 Å². The van der Waals surface area contributed by atoms with Crippen LogP contribution in [0.15, 0.2) is 60.7 Å². The molecule has 5 nitrogen and oxygen atoms in total. The fourth-order valence-corrected chi connectivity index (χ4v) is 4.85. The summed E-state index contributed by atoms with van der Waals surface area (Å²) in [5.41, 5.74) is 2.54. The molecule has 3 N–H and O–H groups in total. The molecule has 0 spiro atoms. The molecular formula is C23H23N3O2. The zero-order valence-corrected chi connectivity index (χ0v) is 15.6. The number of carbonyl (C=O) groups is 1. The zero-order valence-electron chi connectivity index (χ0n) is 15.6. The highest BCUT2D eigenvalue weighted by Gasteiger charge is 2.68. The molecule has 3 fully saturated rings. The molecule has 1 aromatic heterocycles. The minimum absolute atomic E-state index is 0.0624. The van der Waals surface area contributed by atoms with E-state index < -0.39 is 0 Å². The molecule has 3 aliphatic rings. The minimum Gasteiger partial charge on any atom is -0.396 e. The van der Waals surface area contributed by atoms with E-state index in [1.165, 1.54) is 0 Å². The van der Waals surface area contributed by atoms with E-state index in [-0.39, 0.29) is 23.5 Å². The molecule has 3 aliphatic carbocycles. The Balaban J connectivity index is 1.40. The van der Waals surface area contributed by atoms with Crippen molar-refractivity contribution >= 4 is 22.6 Å². The van der Waals surface area contributed by atoms with Gasteiger partial charge in [0.2, 0.25) is 0 Å². The summed E-state index contributed by atoms with van der Waals surface area (Å²) in [6.45, 7) is 0.868. The molecule has 0 atom stereocenters. The Labute approximate surface area is 163 Å².